The molecule has 1 heteroatoms. The van der Waals surface area contributed by atoms with Gasteiger partial charge in [0.1, 0.15) is 0 Å². The van der Waals surface area contributed by atoms with Gasteiger partial charge < -0.3 is 0 Å². The maximum absolute atomic E-state index is 2.52. The minimum Gasteiger partial charge on any atom is -0.0964 e. The third-order valence-corrected chi connectivity index (χ3v) is 11.1. The quantitative estimate of drug-likeness (QED) is 0.247. The molecule has 0 aromatic heterocycles. The summed E-state index contributed by atoms with van der Waals surface area (Å²) in [5.74, 6) is 1.04. The molecule has 0 heterocycles. The van der Waals surface area contributed by atoms with E-state index in [2.05, 4.69) is 41.5 Å². The maximum Gasteiger partial charge on any atom is 0.269 e. The molecule has 0 nitrogen and oxygen atoms in total. The van der Waals surface area contributed by atoms with E-state index in [9.17, 15) is 0 Å². The highest BCUT2D eigenvalue weighted by molar-refractivity contribution is 6.62. The molecule has 0 atom stereocenters. The molecule has 0 unspecified atom stereocenters. The van der Waals surface area contributed by atoms with Gasteiger partial charge in [0.15, 0.2) is 0 Å². The molecule has 0 saturated heterocycles. The molecule has 0 radical (unpaired) electrons. The SMILES string of the molecule is CCCCC(CCCC)[C](CCCC)(CCCC)[Al]([CH2]C)[CH2]C. The van der Waals surface area contributed by atoms with Crippen LogP contribution in [0.15, 0.2) is 0 Å². The summed E-state index contributed by atoms with van der Waals surface area (Å²) in [7, 11) is 0. The van der Waals surface area contributed by atoms with Crippen molar-refractivity contribution in [3.63, 3.8) is 0 Å². The largest absolute Gasteiger partial charge is 0.269 e. The molecule has 0 saturated carbocycles. The van der Waals surface area contributed by atoms with E-state index in [4.69, 9.17) is 0 Å². The highest BCUT2D eigenvalue weighted by Gasteiger charge is 2.44. The fourth-order valence-electron chi connectivity index (χ4n) is 5.01. The Balaban J connectivity index is 5.51. The summed E-state index contributed by atoms with van der Waals surface area (Å²) < 4.78 is 0.778. The molecule has 0 N–H and O–H groups in total. The Hall–Kier alpha value is 0.532. The standard InChI is InChI=1S/C18H37.2C2H5.Al/c1-5-9-13-17(14-10-6-2)18(15-11-7-3)16-12-8-4;2*1-2;/h17H,5-16H2,1-4H3;2*1H2,2H3;. The van der Waals surface area contributed by atoms with Gasteiger partial charge in [0.05, 0.1) is 0 Å². The lowest BCUT2D eigenvalue weighted by Gasteiger charge is -2.46. The van der Waals surface area contributed by atoms with E-state index in [1.165, 1.54) is 74.8 Å². The van der Waals surface area contributed by atoms with Crippen LogP contribution in [0.5, 0.6) is 0 Å². The Kier molecular flexibility index (Phi) is 15.2. The van der Waals surface area contributed by atoms with Gasteiger partial charge in [-0.3, -0.25) is 0 Å². The van der Waals surface area contributed by atoms with Crippen LogP contribution in [0.4, 0.5) is 0 Å². The monoisotopic (exact) mass is 338 g/mol. The van der Waals surface area contributed by atoms with E-state index in [-0.39, 0.29) is 0 Å². The molecule has 0 aromatic rings. The summed E-state index contributed by atoms with van der Waals surface area (Å²) in [4.78, 5) is 0. The lowest BCUT2D eigenvalue weighted by Crippen LogP contribution is -2.38. The predicted molar refractivity (Wildman–Crippen MR) is 111 cm³/mol. The average Bonchev–Trinajstić information content (AvgIpc) is 2.58. The van der Waals surface area contributed by atoms with Crippen molar-refractivity contribution in [1.82, 2.24) is 0 Å². The first-order valence-electron chi connectivity index (χ1n) is 11.2. The minimum absolute atomic E-state index is 0.649. The maximum atomic E-state index is 2.52. The zero-order valence-electron chi connectivity index (χ0n) is 17.6. The first-order chi connectivity index (χ1) is 11.2. The van der Waals surface area contributed by atoms with Gasteiger partial charge >= 0.3 is 0 Å². The van der Waals surface area contributed by atoms with Crippen LogP contribution in [0.25, 0.3) is 0 Å². The lowest BCUT2D eigenvalue weighted by atomic mass is 9.77. The summed E-state index contributed by atoms with van der Waals surface area (Å²) in [6.45, 7) is 14.6. The molecular weight excluding hydrogens is 291 g/mol. The minimum atomic E-state index is -0.649. The molecule has 138 valence electrons. The highest BCUT2D eigenvalue weighted by atomic mass is 27.2. The first-order valence-corrected chi connectivity index (χ1v) is 13.4. The molecule has 0 bridgehead atoms. The van der Waals surface area contributed by atoms with E-state index in [1.54, 1.807) is 12.8 Å². The van der Waals surface area contributed by atoms with Crippen LogP contribution < -0.4 is 0 Å². The van der Waals surface area contributed by atoms with Crippen LogP contribution in [0.1, 0.15) is 119 Å². The number of unbranched alkanes of at least 4 members (excludes halogenated alkanes) is 4. The molecule has 0 aliphatic heterocycles. The van der Waals surface area contributed by atoms with Crippen LogP contribution in [-0.2, 0) is 0 Å². The van der Waals surface area contributed by atoms with Crippen LogP contribution in [0.3, 0.4) is 0 Å². The van der Waals surface area contributed by atoms with Crippen LogP contribution in [0, 0.1) is 5.92 Å². The molecule has 0 rings (SSSR count). The van der Waals surface area contributed by atoms with Gasteiger partial charge in [-0.1, -0.05) is 133 Å². The number of hydrogen-bond donors (Lipinski definition) is 0. The van der Waals surface area contributed by atoms with E-state index in [1.807, 2.05) is 0 Å². The second kappa shape index (κ2) is 14.8. The summed E-state index contributed by atoms with van der Waals surface area (Å²) in [5, 5.41) is 3.05. The normalized spacial score (nSPS) is 12.1. The van der Waals surface area contributed by atoms with Gasteiger partial charge in [0.25, 0.3) is 14.1 Å². The van der Waals surface area contributed by atoms with Gasteiger partial charge in [-0.25, -0.2) is 0 Å². The van der Waals surface area contributed by atoms with Crippen molar-refractivity contribution in [3.05, 3.63) is 0 Å². The van der Waals surface area contributed by atoms with E-state index in [0.717, 1.165) is 10.2 Å². The number of hydrogen-bond acceptors (Lipinski definition) is 0. The van der Waals surface area contributed by atoms with E-state index in [0.29, 0.717) is 0 Å². The molecule has 0 aliphatic rings. The number of rotatable bonds is 16. The smallest absolute Gasteiger partial charge is 0.0964 e. The Bertz CT molecular complexity index is 228. The van der Waals surface area contributed by atoms with Crippen molar-refractivity contribution in [3.8, 4) is 0 Å². The van der Waals surface area contributed by atoms with E-state index >= 15 is 0 Å². The zero-order valence-corrected chi connectivity index (χ0v) is 18.7. The fourth-order valence-corrected chi connectivity index (χ4v) is 9.44. The molecule has 0 aliphatic carbocycles. The van der Waals surface area contributed by atoms with Crippen LogP contribution >= 0.6 is 0 Å². The first kappa shape index (κ1) is 23.5. The molecule has 0 fully saturated rings. The van der Waals surface area contributed by atoms with Gasteiger partial charge in [0, 0.05) is 0 Å². The predicted octanol–water partition coefficient (Wildman–Crippen LogP) is 8.64. The van der Waals surface area contributed by atoms with E-state index < -0.39 is 14.1 Å². The van der Waals surface area contributed by atoms with Crippen molar-refractivity contribution in [2.45, 2.75) is 133 Å². The topological polar surface area (TPSA) is 0 Å². The molecule has 0 amide bonds. The van der Waals surface area contributed by atoms with Gasteiger partial charge in [0.2, 0.25) is 0 Å². The summed E-state index contributed by atoms with van der Waals surface area (Å²) in [6.07, 6.45) is 17.6. The van der Waals surface area contributed by atoms with Crippen LogP contribution in [-0.4, -0.2) is 14.1 Å². The van der Waals surface area contributed by atoms with Gasteiger partial charge in [-0.2, -0.15) is 0 Å². The summed E-state index contributed by atoms with van der Waals surface area (Å²) >= 11 is -0.649. The van der Waals surface area contributed by atoms with Crippen molar-refractivity contribution >= 4 is 14.1 Å². The summed E-state index contributed by atoms with van der Waals surface area (Å²) in [5.41, 5.74) is 0. The summed E-state index contributed by atoms with van der Waals surface area (Å²) in [6, 6.07) is 0. The Morgan fingerprint density at radius 3 is 1.30 bits per heavy atom. The zero-order chi connectivity index (χ0) is 17.6. The molecule has 23 heavy (non-hydrogen) atoms. The Morgan fingerprint density at radius 2 is 1.00 bits per heavy atom. The second-order valence-corrected chi connectivity index (χ2v) is 12.1. The molecule has 0 spiro atoms. The van der Waals surface area contributed by atoms with Crippen molar-refractivity contribution in [1.29, 1.82) is 0 Å². The molecule has 0 aromatic carbocycles. The lowest BCUT2D eigenvalue weighted by molar-refractivity contribution is 0.252. The Morgan fingerprint density at radius 1 is 0.609 bits per heavy atom. The highest BCUT2D eigenvalue weighted by Crippen LogP contribution is 2.54. The van der Waals surface area contributed by atoms with Crippen molar-refractivity contribution in [2.75, 3.05) is 0 Å². The third kappa shape index (κ3) is 7.97. The second-order valence-electron chi connectivity index (χ2n) is 7.94. The molecular formula is C22H47Al. The van der Waals surface area contributed by atoms with Crippen molar-refractivity contribution < 1.29 is 0 Å². The third-order valence-electron chi connectivity index (χ3n) is 6.42. The average molecular weight is 339 g/mol. The van der Waals surface area contributed by atoms with Crippen molar-refractivity contribution in [2.24, 2.45) is 5.92 Å². The van der Waals surface area contributed by atoms with Gasteiger partial charge in [-0.05, 0) is 5.92 Å². The van der Waals surface area contributed by atoms with Crippen LogP contribution in [0.2, 0.25) is 14.8 Å². The van der Waals surface area contributed by atoms with Gasteiger partial charge in [-0.15, -0.1) is 0 Å². The fraction of sp³-hybridized carbons (Fsp3) is 1.00. The Labute approximate surface area is 153 Å².